The van der Waals surface area contributed by atoms with E-state index in [2.05, 4.69) is 4.98 Å². The van der Waals surface area contributed by atoms with Gasteiger partial charge in [0.05, 0.1) is 42.2 Å². The molecule has 0 saturated carbocycles. The van der Waals surface area contributed by atoms with Gasteiger partial charge in [0, 0.05) is 23.1 Å². The van der Waals surface area contributed by atoms with Crippen molar-refractivity contribution in [3.05, 3.63) is 85.2 Å². The predicted octanol–water partition coefficient (Wildman–Crippen LogP) is 2.12. The standard InChI is InChI=1S/C21H19N5O3S/c1-24(2)11-19-22-17-9-4-3-8-16(17)21(27)25(19)12-20-23-18(13-30-20)14-6-5-7-15(10-14)26(28)29/h3-10,13H,11-12H2,1-2H3/p+1. The van der Waals surface area contributed by atoms with Crippen molar-refractivity contribution in [2.45, 2.75) is 13.1 Å². The molecule has 30 heavy (non-hydrogen) atoms. The number of hydrogen-bond acceptors (Lipinski definition) is 6. The van der Waals surface area contributed by atoms with Gasteiger partial charge in [-0.3, -0.25) is 19.5 Å². The number of quaternary nitrogens is 1. The monoisotopic (exact) mass is 422 g/mol. The zero-order valence-electron chi connectivity index (χ0n) is 16.5. The van der Waals surface area contributed by atoms with Crippen LogP contribution >= 0.6 is 11.3 Å². The topological polar surface area (TPSA) is 95.4 Å². The van der Waals surface area contributed by atoms with Crippen molar-refractivity contribution < 1.29 is 9.82 Å². The van der Waals surface area contributed by atoms with Crippen LogP contribution in [0.5, 0.6) is 0 Å². The van der Waals surface area contributed by atoms with Crippen molar-refractivity contribution in [3.8, 4) is 11.3 Å². The van der Waals surface area contributed by atoms with Crippen LogP contribution in [-0.4, -0.2) is 33.6 Å². The molecule has 2 aromatic carbocycles. The first-order chi connectivity index (χ1) is 14.4. The van der Waals surface area contributed by atoms with E-state index >= 15 is 0 Å². The van der Waals surface area contributed by atoms with Crippen molar-refractivity contribution in [2.75, 3.05) is 14.1 Å². The molecule has 0 unspecified atom stereocenters. The summed E-state index contributed by atoms with van der Waals surface area (Å²) in [6.07, 6.45) is 0. The van der Waals surface area contributed by atoms with Gasteiger partial charge in [0.15, 0.2) is 5.82 Å². The number of fused-ring (bicyclic) bond motifs is 1. The SMILES string of the molecule is C[NH+](C)Cc1nc2ccccc2c(=O)n1Cc1nc(-c2cccc([N+](=O)[O-])c2)cs1. The number of para-hydroxylation sites is 1. The second-order valence-corrected chi connectivity index (χ2v) is 8.20. The van der Waals surface area contributed by atoms with Gasteiger partial charge in [-0.2, -0.15) is 0 Å². The zero-order valence-corrected chi connectivity index (χ0v) is 17.3. The minimum absolute atomic E-state index is 0.0215. The minimum Gasteiger partial charge on any atom is -0.334 e. The lowest BCUT2D eigenvalue weighted by Gasteiger charge is -2.14. The van der Waals surface area contributed by atoms with E-state index in [4.69, 9.17) is 4.98 Å². The maximum absolute atomic E-state index is 13.1. The second kappa shape index (κ2) is 8.13. The van der Waals surface area contributed by atoms with Gasteiger partial charge >= 0.3 is 0 Å². The molecule has 9 heteroatoms. The molecule has 0 saturated heterocycles. The smallest absolute Gasteiger partial charge is 0.270 e. The number of benzene rings is 2. The summed E-state index contributed by atoms with van der Waals surface area (Å²) in [4.78, 5) is 34.3. The summed E-state index contributed by atoms with van der Waals surface area (Å²) in [5.74, 6) is 0.700. The first-order valence-corrected chi connectivity index (χ1v) is 10.3. The molecule has 152 valence electrons. The van der Waals surface area contributed by atoms with Gasteiger partial charge < -0.3 is 4.90 Å². The van der Waals surface area contributed by atoms with E-state index in [-0.39, 0.29) is 11.2 Å². The third-order valence-electron chi connectivity index (χ3n) is 4.65. The molecule has 0 radical (unpaired) electrons. The first kappa shape index (κ1) is 19.9. The Labute approximate surface area is 176 Å². The van der Waals surface area contributed by atoms with Crippen LogP contribution in [0.2, 0.25) is 0 Å². The predicted molar refractivity (Wildman–Crippen MR) is 116 cm³/mol. The Kier molecular flexibility index (Phi) is 5.39. The number of nitrogens with zero attached hydrogens (tertiary/aromatic N) is 4. The summed E-state index contributed by atoms with van der Waals surface area (Å²) < 4.78 is 1.67. The molecule has 8 nitrogen and oxygen atoms in total. The molecule has 0 aliphatic rings. The molecule has 4 aromatic rings. The van der Waals surface area contributed by atoms with Gasteiger partial charge in [-0.15, -0.1) is 11.3 Å². The van der Waals surface area contributed by atoms with E-state index in [1.807, 2.05) is 37.7 Å². The number of nitrogens with one attached hydrogen (secondary N) is 1. The van der Waals surface area contributed by atoms with Crippen molar-refractivity contribution >= 4 is 27.9 Å². The number of thiazole rings is 1. The molecule has 0 atom stereocenters. The van der Waals surface area contributed by atoms with Crippen LogP contribution in [0.15, 0.2) is 58.7 Å². The molecule has 1 N–H and O–H groups in total. The van der Waals surface area contributed by atoms with E-state index in [1.54, 1.807) is 22.8 Å². The highest BCUT2D eigenvalue weighted by molar-refractivity contribution is 7.09. The van der Waals surface area contributed by atoms with Crippen LogP contribution in [0.4, 0.5) is 5.69 Å². The molecule has 2 heterocycles. The summed E-state index contributed by atoms with van der Waals surface area (Å²) in [5.41, 5.74) is 1.94. The van der Waals surface area contributed by atoms with Crippen LogP contribution in [0.3, 0.4) is 0 Å². The number of non-ortho nitro benzene ring substituents is 1. The van der Waals surface area contributed by atoms with Gasteiger partial charge in [-0.25, -0.2) is 9.97 Å². The maximum Gasteiger partial charge on any atom is 0.270 e. The van der Waals surface area contributed by atoms with Gasteiger partial charge in [0.1, 0.15) is 11.6 Å². The lowest BCUT2D eigenvalue weighted by atomic mass is 10.1. The number of nitro benzene ring substituents is 1. The molecule has 2 aromatic heterocycles. The molecular weight excluding hydrogens is 402 g/mol. The van der Waals surface area contributed by atoms with E-state index < -0.39 is 4.92 Å². The molecular formula is C21H20N5O3S+. The number of hydrogen-bond donors (Lipinski definition) is 1. The van der Waals surface area contributed by atoms with Crippen molar-refractivity contribution in [3.63, 3.8) is 0 Å². The second-order valence-electron chi connectivity index (χ2n) is 7.25. The molecule has 0 spiro atoms. The highest BCUT2D eigenvalue weighted by atomic mass is 32.1. The Bertz CT molecular complexity index is 1300. The fourth-order valence-electron chi connectivity index (χ4n) is 3.26. The van der Waals surface area contributed by atoms with E-state index in [9.17, 15) is 14.9 Å². The fraction of sp³-hybridized carbons (Fsp3) is 0.190. The van der Waals surface area contributed by atoms with E-state index in [0.29, 0.717) is 41.1 Å². The Balaban J connectivity index is 1.73. The van der Waals surface area contributed by atoms with Crippen LogP contribution in [0, 0.1) is 10.1 Å². The maximum atomic E-state index is 13.1. The van der Waals surface area contributed by atoms with Gasteiger partial charge in [-0.1, -0.05) is 24.3 Å². The molecule has 0 aliphatic heterocycles. The number of aromatic nitrogens is 3. The Hall–Kier alpha value is -3.43. The Morgan fingerprint density at radius 3 is 2.70 bits per heavy atom. The Morgan fingerprint density at radius 1 is 1.13 bits per heavy atom. The Morgan fingerprint density at radius 2 is 1.93 bits per heavy atom. The summed E-state index contributed by atoms with van der Waals surface area (Å²) >= 11 is 1.42. The van der Waals surface area contributed by atoms with Crippen LogP contribution < -0.4 is 10.5 Å². The number of nitro groups is 1. The highest BCUT2D eigenvalue weighted by Crippen LogP contribution is 2.25. The number of rotatable bonds is 6. The van der Waals surface area contributed by atoms with E-state index in [1.165, 1.54) is 23.5 Å². The van der Waals surface area contributed by atoms with Crippen LogP contribution in [-0.2, 0) is 13.1 Å². The zero-order chi connectivity index (χ0) is 21.3. The lowest BCUT2D eigenvalue weighted by Crippen LogP contribution is -3.04. The molecule has 0 bridgehead atoms. The van der Waals surface area contributed by atoms with Gasteiger partial charge in [-0.05, 0) is 12.1 Å². The quantitative estimate of drug-likeness (QED) is 0.379. The summed E-state index contributed by atoms with van der Waals surface area (Å²) in [6, 6.07) is 13.7. The van der Waals surface area contributed by atoms with Gasteiger partial charge in [0.25, 0.3) is 11.2 Å². The molecule has 4 rings (SSSR count). The molecule has 0 fully saturated rings. The summed E-state index contributed by atoms with van der Waals surface area (Å²) in [6.45, 7) is 0.905. The third-order valence-corrected chi connectivity index (χ3v) is 5.48. The average molecular weight is 422 g/mol. The van der Waals surface area contributed by atoms with Crippen molar-refractivity contribution in [2.24, 2.45) is 0 Å². The largest absolute Gasteiger partial charge is 0.334 e. The highest BCUT2D eigenvalue weighted by Gasteiger charge is 2.16. The summed E-state index contributed by atoms with van der Waals surface area (Å²) in [5, 5.41) is 14.2. The third kappa shape index (κ3) is 3.98. The first-order valence-electron chi connectivity index (χ1n) is 9.39. The average Bonchev–Trinajstić information content (AvgIpc) is 3.19. The van der Waals surface area contributed by atoms with Crippen LogP contribution in [0.25, 0.3) is 22.2 Å². The lowest BCUT2D eigenvalue weighted by molar-refractivity contribution is -0.873. The molecule has 0 amide bonds. The minimum atomic E-state index is -0.424. The normalized spacial score (nSPS) is 11.3. The molecule has 0 aliphatic carbocycles. The van der Waals surface area contributed by atoms with Crippen molar-refractivity contribution in [1.29, 1.82) is 0 Å². The van der Waals surface area contributed by atoms with Gasteiger partial charge in [0.2, 0.25) is 0 Å². The fourth-order valence-corrected chi connectivity index (χ4v) is 4.05. The van der Waals surface area contributed by atoms with E-state index in [0.717, 1.165) is 9.91 Å². The summed E-state index contributed by atoms with van der Waals surface area (Å²) in [7, 11) is 4.02. The van der Waals surface area contributed by atoms with Crippen molar-refractivity contribution in [1.82, 2.24) is 14.5 Å². The van der Waals surface area contributed by atoms with Crippen LogP contribution in [0.1, 0.15) is 10.8 Å².